The number of nitrogen functional groups attached to an aromatic ring is 1. The van der Waals surface area contributed by atoms with E-state index in [0.29, 0.717) is 41.8 Å². The van der Waals surface area contributed by atoms with Crippen molar-refractivity contribution in [2.24, 2.45) is 5.92 Å². The first kappa shape index (κ1) is 24.3. The predicted molar refractivity (Wildman–Crippen MR) is 141 cm³/mol. The van der Waals surface area contributed by atoms with E-state index < -0.39 is 5.97 Å². The van der Waals surface area contributed by atoms with E-state index >= 15 is 0 Å². The molecule has 1 fully saturated rings. The third-order valence-corrected chi connectivity index (χ3v) is 6.93. The van der Waals surface area contributed by atoms with Gasteiger partial charge < -0.3 is 20.1 Å². The Hall–Kier alpha value is -3.40. The van der Waals surface area contributed by atoms with E-state index in [4.69, 9.17) is 10.5 Å². The van der Waals surface area contributed by atoms with Crippen LogP contribution < -0.4 is 10.5 Å². The SMILES string of the molecule is Cc1cc(C(=O)O)cc(-c2cnn(C3CC3)c2OCCC[C@@H](C)Cn2c(N)nc3cc(Br)ccc32)n1. The largest absolute Gasteiger partial charge is 0.478 e. The molecule has 0 amide bonds. The molecule has 0 saturated heterocycles. The Balaban J connectivity index is 1.25. The molecule has 0 aliphatic heterocycles. The van der Waals surface area contributed by atoms with Gasteiger partial charge in [-0.05, 0) is 68.9 Å². The Kier molecular flexibility index (Phi) is 6.70. The number of aryl methyl sites for hydroxylation is 1. The van der Waals surface area contributed by atoms with Gasteiger partial charge in [-0.25, -0.2) is 14.5 Å². The highest BCUT2D eigenvalue weighted by molar-refractivity contribution is 9.10. The second-order valence-corrected chi connectivity index (χ2v) is 10.5. The molecule has 3 N–H and O–H groups in total. The fourth-order valence-electron chi connectivity index (χ4n) is 4.50. The highest BCUT2D eigenvalue weighted by Crippen LogP contribution is 2.41. The van der Waals surface area contributed by atoms with Gasteiger partial charge in [-0.2, -0.15) is 5.10 Å². The maximum absolute atomic E-state index is 11.5. The van der Waals surface area contributed by atoms with Crippen LogP contribution in [0.3, 0.4) is 0 Å². The average molecular weight is 553 g/mol. The minimum Gasteiger partial charge on any atom is -0.478 e. The smallest absolute Gasteiger partial charge is 0.335 e. The third kappa shape index (κ3) is 5.09. The minimum atomic E-state index is -0.980. The summed E-state index contributed by atoms with van der Waals surface area (Å²) in [6.45, 7) is 5.30. The van der Waals surface area contributed by atoms with Crippen LogP contribution in [0, 0.1) is 12.8 Å². The number of carboxylic acid groups (broad SMARTS) is 1. The first-order valence-electron chi connectivity index (χ1n) is 12.1. The molecule has 1 aliphatic carbocycles. The summed E-state index contributed by atoms with van der Waals surface area (Å²) in [5, 5.41) is 14.0. The van der Waals surface area contributed by atoms with Crippen LogP contribution in [0.4, 0.5) is 5.95 Å². The lowest BCUT2D eigenvalue weighted by Gasteiger charge is -2.15. The zero-order valence-electron chi connectivity index (χ0n) is 20.3. The summed E-state index contributed by atoms with van der Waals surface area (Å²) < 4.78 is 11.2. The number of benzene rings is 1. The van der Waals surface area contributed by atoms with Crippen molar-refractivity contribution in [3.05, 3.63) is 52.3 Å². The lowest BCUT2D eigenvalue weighted by atomic mass is 10.1. The molecule has 3 aromatic heterocycles. The van der Waals surface area contributed by atoms with Gasteiger partial charge in [-0.15, -0.1) is 0 Å². The molecule has 5 rings (SSSR count). The summed E-state index contributed by atoms with van der Waals surface area (Å²) in [5.74, 6) is 0.582. The number of aromatic nitrogens is 5. The molecule has 1 aromatic carbocycles. The number of carbonyl (C=O) groups is 1. The number of nitrogens with zero attached hydrogens (tertiary/aromatic N) is 5. The van der Waals surface area contributed by atoms with Crippen LogP contribution in [0.1, 0.15) is 54.7 Å². The molecule has 0 radical (unpaired) electrons. The van der Waals surface area contributed by atoms with Crippen LogP contribution in [0.15, 0.2) is 41.0 Å². The number of rotatable bonds is 10. The first-order valence-corrected chi connectivity index (χ1v) is 12.9. The van der Waals surface area contributed by atoms with Gasteiger partial charge in [0.15, 0.2) is 0 Å². The molecule has 3 heterocycles. The van der Waals surface area contributed by atoms with Crippen molar-refractivity contribution >= 4 is 38.9 Å². The van der Waals surface area contributed by atoms with E-state index in [1.165, 1.54) is 0 Å². The van der Waals surface area contributed by atoms with Gasteiger partial charge in [-0.1, -0.05) is 22.9 Å². The summed E-state index contributed by atoms with van der Waals surface area (Å²) in [4.78, 5) is 20.6. The quantitative estimate of drug-likeness (QED) is 0.250. The first-order chi connectivity index (χ1) is 17.3. The van der Waals surface area contributed by atoms with Gasteiger partial charge in [0, 0.05) is 16.7 Å². The number of halogens is 1. The molecule has 0 spiro atoms. The molecule has 1 aliphatic rings. The molecular formula is C26H29BrN6O3. The monoisotopic (exact) mass is 552 g/mol. The van der Waals surface area contributed by atoms with Crippen LogP contribution in [-0.4, -0.2) is 42.0 Å². The zero-order chi connectivity index (χ0) is 25.4. The molecule has 188 valence electrons. The van der Waals surface area contributed by atoms with Crippen LogP contribution in [0.2, 0.25) is 0 Å². The second kappa shape index (κ2) is 9.93. The lowest BCUT2D eigenvalue weighted by Crippen LogP contribution is -2.12. The highest BCUT2D eigenvalue weighted by atomic mass is 79.9. The number of hydrogen-bond acceptors (Lipinski definition) is 6. The summed E-state index contributed by atoms with van der Waals surface area (Å²) in [6.07, 6.45) is 5.67. The normalized spacial score (nSPS) is 14.3. The number of imidazole rings is 1. The van der Waals surface area contributed by atoms with Crippen LogP contribution in [-0.2, 0) is 6.54 Å². The molecule has 9 nitrogen and oxygen atoms in total. The number of hydrogen-bond donors (Lipinski definition) is 2. The average Bonchev–Trinajstić information content (AvgIpc) is 3.52. The lowest BCUT2D eigenvalue weighted by molar-refractivity contribution is 0.0696. The van der Waals surface area contributed by atoms with Crippen LogP contribution in [0.5, 0.6) is 5.88 Å². The fraction of sp³-hybridized carbons (Fsp3) is 0.385. The van der Waals surface area contributed by atoms with Gasteiger partial charge in [-0.3, -0.25) is 4.98 Å². The summed E-state index contributed by atoms with van der Waals surface area (Å²) in [7, 11) is 0. The second-order valence-electron chi connectivity index (χ2n) is 9.54. The van der Waals surface area contributed by atoms with Crippen molar-refractivity contribution in [2.75, 3.05) is 12.3 Å². The molecule has 0 bridgehead atoms. The van der Waals surface area contributed by atoms with Crippen molar-refractivity contribution in [1.29, 1.82) is 0 Å². The van der Waals surface area contributed by atoms with Crippen molar-refractivity contribution in [2.45, 2.75) is 52.1 Å². The third-order valence-electron chi connectivity index (χ3n) is 6.43. The number of pyridine rings is 1. The van der Waals surface area contributed by atoms with Gasteiger partial charge in [0.25, 0.3) is 0 Å². The van der Waals surface area contributed by atoms with Crippen LogP contribution in [0.25, 0.3) is 22.3 Å². The van der Waals surface area contributed by atoms with E-state index in [9.17, 15) is 9.90 Å². The highest BCUT2D eigenvalue weighted by Gasteiger charge is 2.30. The van der Waals surface area contributed by atoms with Gasteiger partial charge >= 0.3 is 5.97 Å². The van der Waals surface area contributed by atoms with Gasteiger partial charge in [0.1, 0.15) is 0 Å². The molecule has 1 saturated carbocycles. The molecule has 10 heteroatoms. The number of fused-ring (bicyclic) bond motifs is 1. The number of carboxylic acids is 1. The molecule has 0 unspecified atom stereocenters. The molecule has 1 atom stereocenters. The fourth-order valence-corrected chi connectivity index (χ4v) is 4.85. The maximum atomic E-state index is 11.5. The Morgan fingerprint density at radius 3 is 2.83 bits per heavy atom. The summed E-state index contributed by atoms with van der Waals surface area (Å²) in [5.41, 5.74) is 10.2. The van der Waals surface area contributed by atoms with E-state index in [-0.39, 0.29) is 5.56 Å². The zero-order valence-corrected chi connectivity index (χ0v) is 21.9. The number of ether oxygens (including phenoxy) is 1. The standard InChI is InChI=1S/C26H29BrN6O3/c1-15(14-32-23-8-5-18(27)12-22(23)31-26(32)28)4-3-9-36-24-20(13-29-33(24)19-6-7-19)21-11-17(25(34)35)10-16(2)30-21/h5,8,10-13,15,19H,3-4,6-7,9,14H2,1-2H3,(H2,28,31)(H,34,35)/t15-/m1/s1. The van der Waals surface area contributed by atoms with Crippen molar-refractivity contribution < 1.29 is 14.6 Å². The Labute approximate surface area is 217 Å². The van der Waals surface area contributed by atoms with E-state index in [1.807, 2.05) is 22.9 Å². The topological polar surface area (TPSA) is 121 Å². The maximum Gasteiger partial charge on any atom is 0.335 e. The Morgan fingerprint density at radius 2 is 2.08 bits per heavy atom. The van der Waals surface area contributed by atoms with Crippen LogP contribution >= 0.6 is 15.9 Å². The Bertz CT molecular complexity index is 1420. The summed E-state index contributed by atoms with van der Waals surface area (Å²) >= 11 is 3.49. The van der Waals surface area contributed by atoms with E-state index in [1.54, 1.807) is 25.3 Å². The van der Waals surface area contributed by atoms with Crippen molar-refractivity contribution in [3.63, 3.8) is 0 Å². The predicted octanol–water partition coefficient (Wildman–Crippen LogP) is 5.48. The number of aromatic carboxylic acids is 1. The number of anilines is 1. The summed E-state index contributed by atoms with van der Waals surface area (Å²) in [6, 6.07) is 9.49. The van der Waals surface area contributed by atoms with Crippen molar-refractivity contribution in [3.8, 4) is 17.1 Å². The van der Waals surface area contributed by atoms with E-state index in [2.05, 4.69) is 42.5 Å². The Morgan fingerprint density at radius 1 is 1.28 bits per heavy atom. The number of nitrogens with two attached hydrogens (primary N) is 1. The minimum absolute atomic E-state index is 0.204. The van der Waals surface area contributed by atoms with E-state index in [0.717, 1.165) is 53.3 Å². The van der Waals surface area contributed by atoms with Crippen molar-refractivity contribution in [1.82, 2.24) is 24.3 Å². The molecular weight excluding hydrogens is 524 g/mol. The molecule has 36 heavy (non-hydrogen) atoms. The van der Waals surface area contributed by atoms with Gasteiger partial charge in [0.2, 0.25) is 11.8 Å². The molecule has 4 aromatic rings. The van der Waals surface area contributed by atoms with Gasteiger partial charge in [0.05, 0.1) is 46.7 Å².